The standard InChI is InChI=1S/C47H37NO.C35H31N.C12H7BrO.CH4/c1-30-11-9-13-32(25-30)33-19-24-44(41(27-33)34-14-10-12-31(2)26-34)48(36-21-23-40-39-16-6-8-18-45(39)49-46(40)29-36)35-20-22-38-37-15-5-7-17-42(37)47(3,4)43(38)28-35;1-23-9-7-11-25(19-23)26-15-18-34(31(21-26)27-12-8-10-24(2)20-27)36-28-16-17-30-29-13-5-6-14-32(29)35(3,4)33(30)22-28;13-8-5-6-10-9-3-1-2-4-11(9)14-12(10)7-8;/h5-29H,1-4H3;5-22,36H,1-4H3;1-7H;1H4. The van der Waals surface area contributed by atoms with Gasteiger partial charge in [-0.25, -0.2) is 0 Å². The van der Waals surface area contributed by atoms with Crippen LogP contribution in [0.5, 0.6) is 0 Å². The summed E-state index contributed by atoms with van der Waals surface area (Å²) >= 11 is 3.43. The van der Waals surface area contributed by atoms with Crippen LogP contribution in [0.15, 0.2) is 317 Å². The predicted molar refractivity (Wildman–Crippen MR) is 429 cm³/mol. The summed E-state index contributed by atoms with van der Waals surface area (Å²) in [5.74, 6) is 0. The van der Waals surface area contributed by atoms with Crippen molar-refractivity contribution < 1.29 is 8.83 Å². The largest absolute Gasteiger partial charge is 0.456 e. The maximum Gasteiger partial charge on any atom is 0.137 e. The highest BCUT2D eigenvalue weighted by molar-refractivity contribution is 9.10. The number of rotatable bonds is 9. The lowest BCUT2D eigenvalue weighted by molar-refractivity contribution is 0.660. The molecule has 0 spiro atoms. The fourth-order valence-electron chi connectivity index (χ4n) is 15.2. The molecule has 2 aromatic heterocycles. The van der Waals surface area contributed by atoms with E-state index in [1.54, 1.807) is 0 Å². The fraction of sp³-hybridized carbons (Fsp3) is 0.116. The molecular weight excluding hydrogens is 1280 g/mol. The van der Waals surface area contributed by atoms with E-state index in [-0.39, 0.29) is 18.3 Å². The SMILES string of the molecule is Brc1ccc2c(c1)oc1ccccc12.C.Cc1cccc(-c2ccc(N(c3ccc4c(c3)C(C)(C)c3ccccc3-4)c3ccc4c(c3)oc3ccccc34)c(-c3cccc(C)c3)c2)c1.Cc1cccc(-c2ccc(Nc3ccc4c(c3)C(C)(C)c3ccccc3-4)c(-c3cccc(C)c3)c2)c1. The molecule has 14 aromatic carbocycles. The van der Waals surface area contributed by atoms with Crippen molar-refractivity contribution >= 4 is 88.2 Å². The molecule has 5 heteroatoms. The second kappa shape index (κ2) is 26.2. The third kappa shape index (κ3) is 12.0. The number of hydrogen-bond acceptors (Lipinski definition) is 4. The molecule has 2 aliphatic rings. The molecule has 0 saturated heterocycles. The molecule has 0 aliphatic heterocycles. The molecule has 18 rings (SSSR count). The number of para-hydroxylation sites is 2. The Labute approximate surface area is 596 Å². The number of furan rings is 2. The number of nitrogens with zero attached hydrogens (tertiary/aromatic N) is 1. The van der Waals surface area contributed by atoms with Crippen LogP contribution < -0.4 is 10.2 Å². The van der Waals surface area contributed by atoms with E-state index in [9.17, 15) is 0 Å². The van der Waals surface area contributed by atoms with Gasteiger partial charge in [0.15, 0.2) is 0 Å². The number of fused-ring (bicyclic) bond motifs is 12. The summed E-state index contributed by atoms with van der Waals surface area (Å²) < 4.78 is 13.2. The van der Waals surface area contributed by atoms with Crippen molar-refractivity contribution in [2.45, 2.75) is 73.6 Å². The van der Waals surface area contributed by atoms with Crippen molar-refractivity contribution in [2.75, 3.05) is 10.2 Å². The first-order valence-corrected chi connectivity index (χ1v) is 35.0. The van der Waals surface area contributed by atoms with Gasteiger partial charge in [-0.1, -0.05) is 280 Å². The minimum Gasteiger partial charge on any atom is -0.456 e. The molecule has 1 N–H and O–H groups in total. The van der Waals surface area contributed by atoms with Gasteiger partial charge in [-0.05, 0) is 197 Å². The van der Waals surface area contributed by atoms with Crippen LogP contribution in [0.2, 0.25) is 0 Å². The molecular formula is C95H79BrN2O2. The Morgan fingerprint density at radius 1 is 0.300 bits per heavy atom. The van der Waals surface area contributed by atoms with Crippen LogP contribution in [0.1, 0.15) is 79.6 Å². The van der Waals surface area contributed by atoms with Crippen molar-refractivity contribution in [1.82, 2.24) is 0 Å². The molecule has 100 heavy (non-hydrogen) atoms. The fourth-order valence-corrected chi connectivity index (χ4v) is 15.6. The molecule has 16 aromatic rings. The second-order valence-electron chi connectivity index (χ2n) is 27.8. The van der Waals surface area contributed by atoms with Crippen molar-refractivity contribution in [3.8, 4) is 66.8 Å². The smallest absolute Gasteiger partial charge is 0.137 e. The molecule has 0 atom stereocenters. The van der Waals surface area contributed by atoms with Gasteiger partial charge < -0.3 is 19.1 Å². The third-order valence-corrected chi connectivity index (χ3v) is 20.8. The number of anilines is 5. The van der Waals surface area contributed by atoms with Gasteiger partial charge in [-0.2, -0.15) is 0 Å². The van der Waals surface area contributed by atoms with E-state index in [4.69, 9.17) is 8.83 Å². The number of aryl methyl sites for hydroxylation is 4. The summed E-state index contributed by atoms with van der Waals surface area (Å²) in [4.78, 5) is 2.42. The number of nitrogens with one attached hydrogen (secondary N) is 1. The lowest BCUT2D eigenvalue weighted by atomic mass is 9.82. The zero-order valence-electron chi connectivity index (χ0n) is 57.0. The molecule has 0 unspecified atom stereocenters. The molecule has 488 valence electrons. The van der Waals surface area contributed by atoms with Crippen LogP contribution in [-0.2, 0) is 10.8 Å². The van der Waals surface area contributed by atoms with Gasteiger partial charge in [-0.15, -0.1) is 0 Å². The van der Waals surface area contributed by atoms with Gasteiger partial charge in [0.1, 0.15) is 22.3 Å². The van der Waals surface area contributed by atoms with E-state index < -0.39 is 0 Å². The summed E-state index contributed by atoms with van der Waals surface area (Å²) in [6.07, 6.45) is 0. The number of hydrogen-bond donors (Lipinski definition) is 1. The van der Waals surface area contributed by atoms with Gasteiger partial charge in [0.05, 0.1) is 5.69 Å². The molecule has 0 saturated carbocycles. The Morgan fingerprint density at radius 3 is 1.30 bits per heavy atom. The van der Waals surface area contributed by atoms with Crippen LogP contribution in [0.4, 0.5) is 28.4 Å². The lowest BCUT2D eigenvalue weighted by Gasteiger charge is -2.30. The summed E-state index contributed by atoms with van der Waals surface area (Å²) in [7, 11) is 0. The zero-order valence-corrected chi connectivity index (χ0v) is 58.6. The van der Waals surface area contributed by atoms with Crippen molar-refractivity contribution in [3.05, 3.63) is 352 Å². The average molecular weight is 1360 g/mol. The highest BCUT2D eigenvalue weighted by Gasteiger charge is 2.37. The van der Waals surface area contributed by atoms with E-state index in [0.29, 0.717) is 0 Å². The first-order valence-electron chi connectivity index (χ1n) is 34.2. The topological polar surface area (TPSA) is 41.6 Å². The molecule has 2 heterocycles. The molecule has 0 fully saturated rings. The third-order valence-electron chi connectivity index (χ3n) is 20.3. The molecule has 4 nitrogen and oxygen atoms in total. The van der Waals surface area contributed by atoms with Gasteiger partial charge in [-0.3, -0.25) is 0 Å². The van der Waals surface area contributed by atoms with E-state index in [1.807, 2.05) is 42.5 Å². The van der Waals surface area contributed by atoms with Crippen LogP contribution in [0.3, 0.4) is 0 Å². The lowest BCUT2D eigenvalue weighted by Crippen LogP contribution is -2.17. The van der Waals surface area contributed by atoms with Gasteiger partial charge >= 0.3 is 0 Å². The maximum absolute atomic E-state index is 6.46. The van der Waals surface area contributed by atoms with E-state index in [1.165, 1.54) is 122 Å². The first-order chi connectivity index (χ1) is 48.1. The molecule has 0 bridgehead atoms. The van der Waals surface area contributed by atoms with E-state index in [2.05, 4.69) is 342 Å². The van der Waals surface area contributed by atoms with Crippen LogP contribution >= 0.6 is 15.9 Å². The number of halogens is 1. The van der Waals surface area contributed by atoms with Crippen molar-refractivity contribution in [1.29, 1.82) is 0 Å². The zero-order chi connectivity index (χ0) is 67.7. The van der Waals surface area contributed by atoms with E-state index >= 15 is 0 Å². The van der Waals surface area contributed by atoms with Gasteiger partial charge in [0.25, 0.3) is 0 Å². The Hall–Kier alpha value is -11.2. The Balaban J connectivity index is 0.000000139. The predicted octanol–water partition coefficient (Wildman–Crippen LogP) is 28.0. The Kier molecular flexibility index (Phi) is 17.0. The van der Waals surface area contributed by atoms with Gasteiger partial charge in [0.2, 0.25) is 0 Å². The second-order valence-corrected chi connectivity index (χ2v) is 28.7. The highest BCUT2D eigenvalue weighted by atomic mass is 79.9. The number of benzene rings is 14. The molecule has 0 radical (unpaired) electrons. The van der Waals surface area contributed by atoms with Crippen LogP contribution in [0.25, 0.3) is 111 Å². The van der Waals surface area contributed by atoms with Crippen molar-refractivity contribution in [2.24, 2.45) is 0 Å². The summed E-state index contributed by atoms with van der Waals surface area (Å²) in [6.45, 7) is 18.0. The average Bonchev–Trinajstić information content (AvgIpc) is 1.57. The summed E-state index contributed by atoms with van der Waals surface area (Å²) in [5, 5.41) is 8.38. The summed E-state index contributed by atoms with van der Waals surface area (Å²) in [5.41, 5.74) is 34.6. The maximum atomic E-state index is 6.46. The normalized spacial score (nSPS) is 12.7. The quantitative estimate of drug-likeness (QED) is 0.156. The molecule has 0 amide bonds. The molecule has 2 aliphatic carbocycles. The highest BCUT2D eigenvalue weighted by Crippen LogP contribution is 2.53. The summed E-state index contributed by atoms with van der Waals surface area (Å²) in [6, 6.07) is 109. The Morgan fingerprint density at radius 2 is 0.720 bits per heavy atom. The van der Waals surface area contributed by atoms with Crippen molar-refractivity contribution in [3.63, 3.8) is 0 Å². The first kappa shape index (κ1) is 64.7. The monoisotopic (exact) mass is 1360 g/mol. The minimum atomic E-state index is -0.120. The van der Waals surface area contributed by atoms with Crippen LogP contribution in [-0.4, -0.2) is 0 Å². The van der Waals surface area contributed by atoms with E-state index in [0.717, 1.165) is 66.0 Å². The Bertz CT molecular complexity index is 5820. The van der Waals surface area contributed by atoms with Crippen LogP contribution in [0, 0.1) is 27.7 Å². The minimum absolute atomic E-state index is 0. The van der Waals surface area contributed by atoms with Gasteiger partial charge in [0, 0.05) is 76.8 Å².